The highest BCUT2D eigenvalue weighted by Gasteiger charge is 2.44. The van der Waals surface area contributed by atoms with Crippen molar-refractivity contribution in [3.63, 3.8) is 0 Å². The topological polar surface area (TPSA) is 212 Å². The van der Waals surface area contributed by atoms with Gasteiger partial charge in [0.15, 0.2) is 5.65 Å². The van der Waals surface area contributed by atoms with Crippen LogP contribution in [-0.4, -0.2) is 110 Å². The van der Waals surface area contributed by atoms with Crippen molar-refractivity contribution in [1.29, 1.82) is 0 Å². The molecular formula is C41H49N11O5. The molecule has 1 saturated carbocycles. The third-order valence-electron chi connectivity index (χ3n) is 10.7. The summed E-state index contributed by atoms with van der Waals surface area (Å²) in [5.41, 5.74) is 2.83. The molecule has 0 spiro atoms. The quantitative estimate of drug-likeness (QED) is 0.0816. The van der Waals surface area contributed by atoms with Crippen LogP contribution in [0.5, 0.6) is 0 Å². The monoisotopic (exact) mass is 775 g/mol. The first-order chi connectivity index (χ1) is 27.8. The van der Waals surface area contributed by atoms with Gasteiger partial charge in [0.2, 0.25) is 17.7 Å². The molecule has 5 aromatic rings. The van der Waals surface area contributed by atoms with Crippen molar-refractivity contribution >= 4 is 40.8 Å². The first kappa shape index (κ1) is 39.1. The van der Waals surface area contributed by atoms with E-state index in [-0.39, 0.29) is 61.3 Å². The summed E-state index contributed by atoms with van der Waals surface area (Å²) in [6, 6.07) is 24.2. The van der Waals surface area contributed by atoms with Crippen LogP contribution in [0.3, 0.4) is 0 Å². The Labute approximate surface area is 330 Å². The van der Waals surface area contributed by atoms with Crippen LogP contribution in [0.1, 0.15) is 66.3 Å². The molecule has 7 N–H and O–H groups in total. The summed E-state index contributed by atoms with van der Waals surface area (Å²) in [5, 5.41) is 37.3. The number of nitrogens with zero attached hydrogens (tertiary/aromatic N) is 6. The van der Waals surface area contributed by atoms with E-state index in [2.05, 4.69) is 70.7 Å². The van der Waals surface area contributed by atoms with E-state index in [0.717, 1.165) is 42.9 Å². The van der Waals surface area contributed by atoms with Crippen molar-refractivity contribution in [2.45, 2.75) is 68.9 Å². The minimum absolute atomic E-state index is 0.0316. The van der Waals surface area contributed by atoms with Gasteiger partial charge >= 0.3 is 6.03 Å². The Morgan fingerprint density at radius 2 is 1.51 bits per heavy atom. The number of hydrogen-bond acceptors (Lipinski definition) is 11. The van der Waals surface area contributed by atoms with E-state index in [1.165, 1.54) is 6.20 Å². The molecule has 1 aliphatic heterocycles. The fourth-order valence-corrected chi connectivity index (χ4v) is 7.61. The second kappa shape index (κ2) is 18.2. The number of carbonyl (C=O) groups is 3. The van der Waals surface area contributed by atoms with Crippen LogP contribution in [0.25, 0.3) is 11.2 Å². The van der Waals surface area contributed by atoms with E-state index in [0.29, 0.717) is 18.0 Å². The Balaban J connectivity index is 1.03. The zero-order chi connectivity index (χ0) is 39.7. The van der Waals surface area contributed by atoms with Crippen LogP contribution in [-0.2, 0) is 4.79 Å². The van der Waals surface area contributed by atoms with Gasteiger partial charge in [-0.15, -0.1) is 0 Å². The number of urea groups is 1. The molecule has 1 aliphatic carbocycles. The molecule has 16 nitrogen and oxygen atoms in total. The molecule has 1 saturated heterocycles. The molecule has 7 rings (SSSR count). The number of pyridine rings is 1. The average molecular weight is 776 g/mol. The fraction of sp³-hybridized carbons (Fsp3) is 0.390. The molecular weight excluding hydrogens is 727 g/mol. The number of amides is 4. The highest BCUT2D eigenvalue weighted by Crippen LogP contribution is 2.36. The normalized spacial score (nSPS) is 19.7. The standard InChI is InChI=1S/C41H49N11O5/c1-2-34(53)48-30-23-32(36(55)35(30)54)52-38-31(49-40(52)46-24-29(26-11-5-3-6-12-26)27-13-7-4-8-14-27)25-45-37(50-38)39(56)43-19-20-44-41(57)47-28-16-21-51(22-17-28)33-15-9-10-18-42-33/h3-15,18,25,28-30,32,35-36,54-55H,2,16-17,19-24H2,1H3,(H,43,56)(H,46,49)(H,48,53)(H2,44,47,57)/t30-,32+,35+,36-/m0/s1. The van der Waals surface area contributed by atoms with Crippen LogP contribution in [0.2, 0.25) is 0 Å². The number of anilines is 2. The van der Waals surface area contributed by atoms with Crippen molar-refractivity contribution in [2.24, 2.45) is 0 Å². The minimum Gasteiger partial charge on any atom is -0.388 e. The fourth-order valence-electron chi connectivity index (χ4n) is 7.61. The Kier molecular flexibility index (Phi) is 12.5. The van der Waals surface area contributed by atoms with Gasteiger partial charge in [0.1, 0.15) is 23.5 Å². The Morgan fingerprint density at radius 3 is 2.18 bits per heavy atom. The SMILES string of the molecule is CCC(=O)N[C@H]1C[C@@H](n2c(NCC(c3ccccc3)c3ccccc3)nc3cnc(C(=O)NCCNC(=O)NC4CCN(c5ccccn5)CC4)nc32)[C@H](O)[C@@H]1O. The van der Waals surface area contributed by atoms with Crippen molar-refractivity contribution in [3.8, 4) is 0 Å². The molecule has 0 bridgehead atoms. The summed E-state index contributed by atoms with van der Waals surface area (Å²) < 4.78 is 1.69. The van der Waals surface area contributed by atoms with Crippen LogP contribution < -0.4 is 31.5 Å². The number of carbonyl (C=O) groups excluding carboxylic acids is 3. The van der Waals surface area contributed by atoms with Crippen molar-refractivity contribution in [3.05, 3.63) is 108 Å². The third-order valence-corrected chi connectivity index (χ3v) is 10.7. The van der Waals surface area contributed by atoms with E-state index in [1.807, 2.05) is 54.6 Å². The summed E-state index contributed by atoms with van der Waals surface area (Å²) >= 11 is 0. The number of nitrogens with one attached hydrogen (secondary N) is 5. The summed E-state index contributed by atoms with van der Waals surface area (Å²) in [5.74, 6) is 0.294. The third kappa shape index (κ3) is 9.30. The van der Waals surface area contributed by atoms with E-state index in [4.69, 9.17) is 4.98 Å². The van der Waals surface area contributed by atoms with Gasteiger partial charge in [-0.25, -0.2) is 24.7 Å². The molecule has 4 heterocycles. The van der Waals surface area contributed by atoms with Crippen molar-refractivity contribution < 1.29 is 24.6 Å². The molecule has 57 heavy (non-hydrogen) atoms. The molecule has 2 fully saturated rings. The van der Waals surface area contributed by atoms with Gasteiger partial charge < -0.3 is 41.7 Å². The average Bonchev–Trinajstić information content (AvgIpc) is 3.74. The second-order valence-corrected chi connectivity index (χ2v) is 14.4. The lowest BCUT2D eigenvalue weighted by Gasteiger charge is -2.33. The number of rotatable bonds is 14. The molecule has 4 amide bonds. The maximum atomic E-state index is 13.3. The molecule has 2 aliphatic rings. The smallest absolute Gasteiger partial charge is 0.315 e. The molecule has 4 atom stereocenters. The number of aliphatic hydroxyl groups is 2. The molecule has 16 heteroatoms. The Bertz CT molecular complexity index is 2070. The highest BCUT2D eigenvalue weighted by molar-refractivity contribution is 5.92. The predicted octanol–water partition coefficient (Wildman–Crippen LogP) is 2.72. The van der Waals surface area contributed by atoms with Gasteiger partial charge in [0, 0.05) is 57.3 Å². The first-order valence-corrected chi connectivity index (χ1v) is 19.5. The van der Waals surface area contributed by atoms with Gasteiger partial charge in [-0.05, 0) is 42.5 Å². The number of hydrogen-bond donors (Lipinski definition) is 7. The molecule has 0 unspecified atom stereocenters. The van der Waals surface area contributed by atoms with E-state index < -0.39 is 30.2 Å². The lowest BCUT2D eigenvalue weighted by atomic mass is 9.91. The number of aromatic nitrogens is 5. The van der Waals surface area contributed by atoms with Crippen LogP contribution in [0, 0.1) is 0 Å². The lowest BCUT2D eigenvalue weighted by Crippen LogP contribution is -2.49. The molecule has 3 aromatic heterocycles. The molecule has 2 aromatic carbocycles. The summed E-state index contributed by atoms with van der Waals surface area (Å²) in [6.45, 7) is 4.03. The second-order valence-electron chi connectivity index (χ2n) is 14.4. The molecule has 298 valence electrons. The van der Waals surface area contributed by atoms with Gasteiger partial charge in [-0.2, -0.15) is 0 Å². The summed E-state index contributed by atoms with van der Waals surface area (Å²) in [7, 11) is 0. The zero-order valence-corrected chi connectivity index (χ0v) is 31.8. The van der Waals surface area contributed by atoms with E-state index >= 15 is 0 Å². The summed E-state index contributed by atoms with van der Waals surface area (Å²) in [6.07, 6.45) is 2.70. The first-order valence-electron chi connectivity index (χ1n) is 19.5. The van der Waals surface area contributed by atoms with Crippen LogP contribution >= 0.6 is 0 Å². The largest absolute Gasteiger partial charge is 0.388 e. The predicted molar refractivity (Wildman–Crippen MR) is 215 cm³/mol. The minimum atomic E-state index is -1.28. The maximum Gasteiger partial charge on any atom is 0.315 e. The Morgan fingerprint density at radius 1 is 0.825 bits per heavy atom. The maximum absolute atomic E-state index is 13.3. The van der Waals surface area contributed by atoms with Crippen LogP contribution in [0.15, 0.2) is 91.3 Å². The lowest BCUT2D eigenvalue weighted by molar-refractivity contribution is -0.122. The van der Waals surface area contributed by atoms with Gasteiger partial charge in [0.05, 0.1) is 18.3 Å². The number of piperidine rings is 1. The van der Waals surface area contributed by atoms with E-state index in [9.17, 15) is 24.6 Å². The van der Waals surface area contributed by atoms with Crippen molar-refractivity contribution in [2.75, 3.05) is 42.9 Å². The number of benzene rings is 2. The van der Waals surface area contributed by atoms with Crippen LogP contribution in [0.4, 0.5) is 16.6 Å². The number of imidazole rings is 1. The Hall–Kier alpha value is -6.13. The molecule has 0 radical (unpaired) electrons. The van der Waals surface area contributed by atoms with Gasteiger partial charge in [-0.1, -0.05) is 73.7 Å². The number of fused-ring (bicyclic) bond motifs is 1. The summed E-state index contributed by atoms with van der Waals surface area (Å²) in [4.78, 5) is 58.6. The number of aliphatic hydroxyl groups excluding tert-OH is 2. The zero-order valence-electron chi connectivity index (χ0n) is 31.8. The van der Waals surface area contributed by atoms with Gasteiger partial charge in [0.25, 0.3) is 5.91 Å². The van der Waals surface area contributed by atoms with E-state index in [1.54, 1.807) is 17.7 Å². The van der Waals surface area contributed by atoms with Crippen molar-refractivity contribution in [1.82, 2.24) is 45.8 Å². The van der Waals surface area contributed by atoms with Gasteiger partial charge in [-0.3, -0.25) is 14.2 Å². The highest BCUT2D eigenvalue weighted by atomic mass is 16.3.